The lowest BCUT2D eigenvalue weighted by molar-refractivity contribution is -0.256. The monoisotopic (exact) mass is 522 g/mol. The first-order valence-electron chi connectivity index (χ1n) is 13.7. The number of nitrogens with one attached hydrogen (secondary N) is 1. The molecule has 9 nitrogen and oxygen atoms in total. The molecule has 9 heteroatoms. The first-order valence-corrected chi connectivity index (χ1v) is 13.7. The van der Waals surface area contributed by atoms with Crippen molar-refractivity contribution in [1.82, 2.24) is 5.32 Å². The summed E-state index contributed by atoms with van der Waals surface area (Å²) in [6.07, 6.45) is 15.7. The molecule has 1 saturated carbocycles. The van der Waals surface area contributed by atoms with E-state index in [2.05, 4.69) is 24.4 Å². The SMILES string of the molecule is CCCCC/C=C\CC1CC1[C@H](O)/C=C\C/C=C\CCCC(=O)NCC1OC(O)C(C(N)=O)C(O)C1O. The molecule has 1 aliphatic carbocycles. The number of carbonyl (C=O) groups is 2. The lowest BCUT2D eigenvalue weighted by Crippen LogP contribution is -2.60. The molecule has 0 aromatic carbocycles. The normalized spacial score (nSPS) is 30.8. The Bertz CT molecular complexity index is 784. The van der Waals surface area contributed by atoms with E-state index >= 15 is 0 Å². The van der Waals surface area contributed by atoms with Crippen LogP contribution >= 0.6 is 0 Å². The van der Waals surface area contributed by atoms with Gasteiger partial charge in [0, 0.05) is 13.0 Å². The van der Waals surface area contributed by atoms with Crippen molar-refractivity contribution in [3.63, 3.8) is 0 Å². The van der Waals surface area contributed by atoms with E-state index in [9.17, 15) is 30.0 Å². The molecule has 0 aromatic heterocycles. The minimum Gasteiger partial charge on any atom is -0.389 e. The van der Waals surface area contributed by atoms with E-state index in [0.29, 0.717) is 18.3 Å². The van der Waals surface area contributed by atoms with Crippen molar-refractivity contribution in [3.05, 3.63) is 36.5 Å². The van der Waals surface area contributed by atoms with Gasteiger partial charge < -0.3 is 36.2 Å². The summed E-state index contributed by atoms with van der Waals surface area (Å²) < 4.78 is 5.14. The van der Waals surface area contributed by atoms with Gasteiger partial charge in [-0.2, -0.15) is 0 Å². The summed E-state index contributed by atoms with van der Waals surface area (Å²) in [6.45, 7) is 2.10. The number of hydrogen-bond donors (Lipinski definition) is 6. The van der Waals surface area contributed by atoms with Crippen molar-refractivity contribution in [3.8, 4) is 0 Å². The van der Waals surface area contributed by atoms with Gasteiger partial charge in [-0.15, -0.1) is 0 Å². The molecule has 2 rings (SSSR count). The fourth-order valence-electron chi connectivity index (χ4n) is 4.62. The molecule has 210 valence electrons. The molecule has 7 unspecified atom stereocenters. The molecule has 7 N–H and O–H groups in total. The van der Waals surface area contributed by atoms with Crippen molar-refractivity contribution in [2.75, 3.05) is 6.54 Å². The topological polar surface area (TPSA) is 162 Å². The van der Waals surface area contributed by atoms with Crippen molar-refractivity contribution < 1.29 is 34.8 Å². The van der Waals surface area contributed by atoms with Gasteiger partial charge in [0.25, 0.3) is 0 Å². The first-order chi connectivity index (χ1) is 17.8. The lowest BCUT2D eigenvalue weighted by atomic mass is 9.90. The van der Waals surface area contributed by atoms with Gasteiger partial charge in [0.1, 0.15) is 18.1 Å². The molecule has 37 heavy (non-hydrogen) atoms. The average molecular weight is 523 g/mol. The van der Waals surface area contributed by atoms with E-state index in [1.165, 1.54) is 19.3 Å². The molecule has 2 aliphatic rings. The number of nitrogens with two attached hydrogens (primary N) is 1. The molecule has 8 atom stereocenters. The molecule has 2 amide bonds. The number of aliphatic hydroxyl groups is 4. The summed E-state index contributed by atoms with van der Waals surface area (Å²) >= 11 is 0. The summed E-state index contributed by atoms with van der Waals surface area (Å²) in [7, 11) is 0. The molecule has 0 radical (unpaired) electrons. The van der Waals surface area contributed by atoms with E-state index in [1.807, 2.05) is 24.3 Å². The number of amides is 2. The third-order valence-electron chi connectivity index (χ3n) is 7.09. The predicted molar refractivity (Wildman–Crippen MR) is 141 cm³/mol. The third kappa shape index (κ3) is 11.1. The number of primary amides is 1. The van der Waals surface area contributed by atoms with Gasteiger partial charge in [0.2, 0.25) is 11.8 Å². The Balaban J connectivity index is 1.52. The van der Waals surface area contributed by atoms with E-state index in [0.717, 1.165) is 32.1 Å². The van der Waals surface area contributed by atoms with Crippen LogP contribution in [-0.2, 0) is 14.3 Å². The van der Waals surface area contributed by atoms with Crippen LogP contribution in [0.5, 0.6) is 0 Å². The van der Waals surface area contributed by atoms with Crippen LogP contribution in [0.2, 0.25) is 0 Å². The molecular weight excluding hydrogens is 476 g/mol. The highest BCUT2D eigenvalue weighted by Crippen LogP contribution is 2.44. The fraction of sp³-hybridized carbons (Fsp3) is 0.714. The largest absolute Gasteiger partial charge is 0.389 e. The Morgan fingerprint density at radius 1 is 1.03 bits per heavy atom. The number of ether oxygens (including phenoxy) is 1. The second kappa shape index (κ2) is 16.7. The second-order valence-electron chi connectivity index (χ2n) is 10.2. The highest BCUT2D eigenvalue weighted by molar-refractivity contribution is 5.78. The number of rotatable bonds is 17. The standard InChI is InChI=1S/C28H46N2O7/c1-2-3-4-5-8-11-14-19-17-20(19)21(31)15-12-9-6-7-10-13-16-23(32)30-18-22-25(33)26(34)24(27(29)35)28(36)37-22/h6-8,11-12,15,19-22,24-26,28,31,33-34,36H,2-5,9-10,13-14,16-18H2,1H3,(H2,29,35)(H,30,32)/b7-6-,11-8-,15-12-/t19?,20?,21-,22?,24?,25?,26?,28?/m1/s1. The summed E-state index contributed by atoms with van der Waals surface area (Å²) in [5.74, 6) is -1.68. The van der Waals surface area contributed by atoms with E-state index < -0.39 is 36.4 Å². The molecule has 0 spiro atoms. The highest BCUT2D eigenvalue weighted by Gasteiger charge is 2.46. The summed E-state index contributed by atoms with van der Waals surface area (Å²) in [6, 6.07) is 0. The Morgan fingerprint density at radius 2 is 1.76 bits per heavy atom. The van der Waals surface area contributed by atoms with Crippen LogP contribution in [0.4, 0.5) is 0 Å². The highest BCUT2D eigenvalue weighted by atomic mass is 16.6. The molecular formula is C28H46N2O7. The minimum atomic E-state index is -1.65. The summed E-state index contributed by atoms with van der Waals surface area (Å²) in [5, 5.41) is 42.8. The zero-order chi connectivity index (χ0) is 27.2. The minimum absolute atomic E-state index is 0.111. The van der Waals surface area contributed by atoms with Crippen LogP contribution in [0.3, 0.4) is 0 Å². The summed E-state index contributed by atoms with van der Waals surface area (Å²) in [5.41, 5.74) is 5.10. The number of carbonyl (C=O) groups excluding carboxylic acids is 2. The Labute approximate surface area is 220 Å². The molecule has 1 aliphatic heterocycles. The van der Waals surface area contributed by atoms with Gasteiger partial charge in [-0.05, 0) is 56.8 Å². The first kappa shape index (κ1) is 31.2. The number of hydrogen-bond acceptors (Lipinski definition) is 7. The van der Waals surface area contributed by atoms with Crippen molar-refractivity contribution >= 4 is 11.8 Å². The van der Waals surface area contributed by atoms with E-state index in [4.69, 9.17) is 10.5 Å². The van der Waals surface area contributed by atoms with Gasteiger partial charge in [-0.3, -0.25) is 9.59 Å². The van der Waals surface area contributed by atoms with Crippen LogP contribution in [0.15, 0.2) is 36.5 Å². The summed E-state index contributed by atoms with van der Waals surface area (Å²) in [4.78, 5) is 23.3. The van der Waals surface area contributed by atoms with Crippen LogP contribution in [0, 0.1) is 17.8 Å². The molecule has 1 heterocycles. The lowest BCUT2D eigenvalue weighted by Gasteiger charge is -2.39. The van der Waals surface area contributed by atoms with Crippen LogP contribution in [-0.4, -0.2) is 69.5 Å². The van der Waals surface area contributed by atoms with E-state index in [-0.39, 0.29) is 25.0 Å². The van der Waals surface area contributed by atoms with E-state index in [1.54, 1.807) is 0 Å². The fourth-order valence-corrected chi connectivity index (χ4v) is 4.62. The van der Waals surface area contributed by atoms with Gasteiger partial charge in [0.15, 0.2) is 6.29 Å². The van der Waals surface area contributed by atoms with Crippen molar-refractivity contribution in [2.24, 2.45) is 23.5 Å². The molecule has 2 fully saturated rings. The Kier molecular flexibility index (Phi) is 14.1. The van der Waals surface area contributed by atoms with Crippen LogP contribution < -0.4 is 11.1 Å². The smallest absolute Gasteiger partial charge is 0.228 e. The molecule has 0 aromatic rings. The second-order valence-corrected chi connectivity index (χ2v) is 10.2. The Morgan fingerprint density at radius 3 is 2.49 bits per heavy atom. The predicted octanol–water partition coefficient (Wildman–Crippen LogP) is 1.84. The zero-order valence-corrected chi connectivity index (χ0v) is 22.0. The number of allylic oxidation sites excluding steroid dienone is 5. The van der Waals surface area contributed by atoms with Gasteiger partial charge in [0.05, 0.1) is 12.2 Å². The molecule has 1 saturated heterocycles. The maximum absolute atomic E-state index is 12.0. The van der Waals surface area contributed by atoms with Crippen LogP contribution in [0.1, 0.15) is 71.1 Å². The van der Waals surface area contributed by atoms with Crippen molar-refractivity contribution in [1.29, 1.82) is 0 Å². The maximum Gasteiger partial charge on any atom is 0.228 e. The van der Waals surface area contributed by atoms with Gasteiger partial charge in [-0.25, -0.2) is 0 Å². The van der Waals surface area contributed by atoms with Crippen LogP contribution in [0.25, 0.3) is 0 Å². The van der Waals surface area contributed by atoms with Gasteiger partial charge >= 0.3 is 0 Å². The Hall–Kier alpha value is -2.04. The molecule has 0 bridgehead atoms. The van der Waals surface area contributed by atoms with Crippen molar-refractivity contribution in [2.45, 2.75) is 102 Å². The number of unbranched alkanes of at least 4 members (excludes halogenated alkanes) is 4. The van der Waals surface area contributed by atoms with Gasteiger partial charge in [-0.1, -0.05) is 56.2 Å². The zero-order valence-electron chi connectivity index (χ0n) is 22.0. The number of aliphatic hydroxyl groups excluding tert-OH is 4. The quantitative estimate of drug-likeness (QED) is 0.125. The maximum atomic E-state index is 12.0. The third-order valence-corrected chi connectivity index (χ3v) is 7.09. The average Bonchev–Trinajstić information content (AvgIpc) is 3.63.